The fourth-order valence-corrected chi connectivity index (χ4v) is 0.655. The average molecular weight is 163 g/mol. The van der Waals surface area contributed by atoms with Crippen LogP contribution in [0.25, 0.3) is 6.08 Å². The molecule has 0 N–H and O–H groups in total. The second-order valence-electron chi connectivity index (χ2n) is 1.75. The largest absolute Gasteiger partial charge is 0.347 e. The van der Waals surface area contributed by atoms with Gasteiger partial charge in [-0.2, -0.15) is 0 Å². The smallest absolute Gasteiger partial charge is 0.216 e. The Labute approximate surface area is 73.3 Å². The molecule has 0 aliphatic rings. The predicted octanol–water partition coefficient (Wildman–Crippen LogP) is 2.72. The van der Waals surface area contributed by atoms with Crippen molar-refractivity contribution in [2.24, 2.45) is 0 Å². The first-order chi connectivity index (χ1) is 5.88. The van der Waals surface area contributed by atoms with E-state index in [1.165, 1.54) is 0 Å². The van der Waals surface area contributed by atoms with Gasteiger partial charge in [-0.25, -0.2) is 0 Å². The molecule has 0 bridgehead atoms. The average Bonchev–Trinajstić information content (AvgIpc) is 2.56. The lowest BCUT2D eigenvalue weighted by Crippen LogP contribution is -1.69. The SMILES string of the molecule is C#Cc1oncc1/C=C\C.CC. The minimum atomic E-state index is 0.484. The van der Waals surface area contributed by atoms with Crippen LogP contribution in [0.2, 0.25) is 0 Å². The molecule has 0 aliphatic heterocycles. The Hall–Kier alpha value is -1.49. The van der Waals surface area contributed by atoms with Gasteiger partial charge in [-0.3, -0.25) is 0 Å². The molecule has 0 radical (unpaired) electrons. The van der Waals surface area contributed by atoms with Crippen molar-refractivity contribution in [1.82, 2.24) is 5.16 Å². The van der Waals surface area contributed by atoms with Crippen LogP contribution in [0.4, 0.5) is 0 Å². The van der Waals surface area contributed by atoms with E-state index in [9.17, 15) is 0 Å². The summed E-state index contributed by atoms with van der Waals surface area (Å²) < 4.78 is 4.73. The summed E-state index contributed by atoms with van der Waals surface area (Å²) in [6, 6.07) is 0. The van der Waals surface area contributed by atoms with Gasteiger partial charge in [0, 0.05) is 0 Å². The van der Waals surface area contributed by atoms with Crippen molar-refractivity contribution < 1.29 is 4.52 Å². The molecule has 12 heavy (non-hydrogen) atoms. The van der Waals surface area contributed by atoms with Crippen LogP contribution < -0.4 is 0 Å². The third-order valence-electron chi connectivity index (χ3n) is 1.08. The summed E-state index contributed by atoms with van der Waals surface area (Å²) >= 11 is 0. The van der Waals surface area contributed by atoms with Crippen LogP contribution in [0.3, 0.4) is 0 Å². The molecule has 1 aromatic rings. The molecule has 1 heterocycles. The lowest BCUT2D eigenvalue weighted by atomic mass is 10.2. The van der Waals surface area contributed by atoms with Crippen molar-refractivity contribution in [3.63, 3.8) is 0 Å². The van der Waals surface area contributed by atoms with Crippen LogP contribution in [0.15, 0.2) is 16.8 Å². The van der Waals surface area contributed by atoms with Crippen molar-refractivity contribution in [1.29, 1.82) is 0 Å². The third-order valence-corrected chi connectivity index (χ3v) is 1.08. The Kier molecular flexibility index (Phi) is 5.46. The van der Waals surface area contributed by atoms with E-state index in [0.717, 1.165) is 5.56 Å². The molecule has 1 rings (SSSR count). The van der Waals surface area contributed by atoms with Gasteiger partial charge in [0.1, 0.15) is 0 Å². The minimum absolute atomic E-state index is 0.484. The van der Waals surface area contributed by atoms with E-state index in [-0.39, 0.29) is 0 Å². The molecular formula is C10H13NO. The number of hydrogen-bond donors (Lipinski definition) is 0. The molecule has 0 fully saturated rings. The molecule has 0 amide bonds. The van der Waals surface area contributed by atoms with E-state index in [4.69, 9.17) is 10.9 Å². The zero-order valence-corrected chi connectivity index (χ0v) is 7.66. The van der Waals surface area contributed by atoms with Gasteiger partial charge in [-0.15, -0.1) is 6.42 Å². The van der Waals surface area contributed by atoms with Gasteiger partial charge in [-0.1, -0.05) is 31.2 Å². The molecule has 0 aliphatic carbocycles. The van der Waals surface area contributed by atoms with E-state index < -0.39 is 0 Å². The van der Waals surface area contributed by atoms with Crippen molar-refractivity contribution in [2.45, 2.75) is 20.8 Å². The Bertz CT molecular complexity index is 278. The highest BCUT2D eigenvalue weighted by atomic mass is 16.5. The van der Waals surface area contributed by atoms with E-state index in [1.54, 1.807) is 6.20 Å². The number of rotatable bonds is 1. The third kappa shape index (κ3) is 2.63. The number of terminal acetylenes is 1. The van der Waals surface area contributed by atoms with Gasteiger partial charge in [0.25, 0.3) is 0 Å². The van der Waals surface area contributed by atoms with Gasteiger partial charge >= 0.3 is 0 Å². The van der Waals surface area contributed by atoms with Crippen LogP contribution >= 0.6 is 0 Å². The first-order valence-corrected chi connectivity index (χ1v) is 3.92. The van der Waals surface area contributed by atoms with Crippen LogP contribution in [-0.2, 0) is 0 Å². The summed E-state index contributed by atoms with van der Waals surface area (Å²) in [5.74, 6) is 2.86. The van der Waals surface area contributed by atoms with Gasteiger partial charge in [0.05, 0.1) is 11.8 Å². The summed E-state index contributed by atoms with van der Waals surface area (Å²) in [5, 5.41) is 3.54. The second kappa shape index (κ2) is 6.23. The monoisotopic (exact) mass is 163 g/mol. The van der Waals surface area contributed by atoms with E-state index in [0.29, 0.717) is 5.76 Å². The van der Waals surface area contributed by atoms with Gasteiger partial charge < -0.3 is 4.52 Å². The minimum Gasteiger partial charge on any atom is -0.347 e. The maximum Gasteiger partial charge on any atom is 0.216 e. The van der Waals surface area contributed by atoms with Gasteiger partial charge in [0.15, 0.2) is 0 Å². The summed E-state index contributed by atoms with van der Waals surface area (Å²) in [4.78, 5) is 0. The quantitative estimate of drug-likeness (QED) is 0.595. The fraction of sp³-hybridized carbons (Fsp3) is 0.300. The van der Waals surface area contributed by atoms with Crippen LogP contribution in [0.1, 0.15) is 32.1 Å². The lowest BCUT2D eigenvalue weighted by molar-refractivity contribution is 0.411. The zero-order chi connectivity index (χ0) is 9.40. The van der Waals surface area contributed by atoms with Crippen molar-refractivity contribution in [2.75, 3.05) is 0 Å². The molecule has 0 saturated heterocycles. The topological polar surface area (TPSA) is 26.0 Å². The molecular weight excluding hydrogens is 150 g/mol. The van der Waals surface area contributed by atoms with Crippen LogP contribution in [0, 0.1) is 12.3 Å². The Balaban J connectivity index is 0.000000561. The predicted molar refractivity (Wildman–Crippen MR) is 50.5 cm³/mol. The Morgan fingerprint density at radius 2 is 2.25 bits per heavy atom. The highest BCUT2D eigenvalue weighted by Crippen LogP contribution is 2.07. The fourth-order valence-electron chi connectivity index (χ4n) is 0.655. The molecule has 0 unspecified atom stereocenters. The first kappa shape index (κ1) is 10.5. The molecule has 2 nitrogen and oxygen atoms in total. The Morgan fingerprint density at radius 1 is 1.58 bits per heavy atom. The maximum absolute atomic E-state index is 5.11. The molecule has 0 aromatic carbocycles. The van der Waals surface area contributed by atoms with Crippen molar-refractivity contribution in [3.05, 3.63) is 23.6 Å². The van der Waals surface area contributed by atoms with Crippen LogP contribution in [-0.4, -0.2) is 5.16 Å². The highest BCUT2D eigenvalue weighted by Gasteiger charge is 1.98. The highest BCUT2D eigenvalue weighted by molar-refractivity contribution is 5.53. The molecule has 64 valence electrons. The summed E-state index contributed by atoms with van der Waals surface area (Å²) in [6.45, 7) is 5.91. The lowest BCUT2D eigenvalue weighted by Gasteiger charge is -1.80. The summed E-state index contributed by atoms with van der Waals surface area (Å²) in [5.41, 5.74) is 0.852. The van der Waals surface area contributed by atoms with E-state index >= 15 is 0 Å². The van der Waals surface area contributed by atoms with Crippen LogP contribution in [0.5, 0.6) is 0 Å². The molecule has 0 atom stereocenters. The van der Waals surface area contributed by atoms with Gasteiger partial charge in [-0.05, 0) is 12.8 Å². The normalized spacial score (nSPS) is 8.83. The number of hydrogen-bond acceptors (Lipinski definition) is 2. The standard InChI is InChI=1S/C8H7NO.C2H6/c1-3-5-7-6-9-10-8(7)4-2;1-2/h2-3,5-6H,1H3;1-2H3/b5-3-;. The maximum atomic E-state index is 5.11. The molecule has 0 spiro atoms. The molecule has 2 heteroatoms. The van der Waals surface area contributed by atoms with E-state index in [1.807, 2.05) is 32.9 Å². The summed E-state index contributed by atoms with van der Waals surface area (Å²) in [7, 11) is 0. The zero-order valence-electron chi connectivity index (χ0n) is 7.66. The van der Waals surface area contributed by atoms with Crippen molar-refractivity contribution in [3.8, 4) is 12.3 Å². The first-order valence-electron chi connectivity index (χ1n) is 3.92. The molecule has 0 saturated carbocycles. The number of aromatic nitrogens is 1. The Morgan fingerprint density at radius 3 is 2.75 bits per heavy atom. The number of nitrogens with zero attached hydrogens (tertiary/aromatic N) is 1. The molecule has 1 aromatic heterocycles. The van der Waals surface area contributed by atoms with Crippen molar-refractivity contribution >= 4 is 6.08 Å². The number of allylic oxidation sites excluding steroid dienone is 1. The second-order valence-corrected chi connectivity index (χ2v) is 1.75. The van der Waals surface area contributed by atoms with E-state index in [2.05, 4.69) is 11.1 Å². The van der Waals surface area contributed by atoms with Gasteiger partial charge in [0.2, 0.25) is 5.76 Å². The summed E-state index contributed by atoms with van der Waals surface area (Å²) in [6.07, 6.45) is 10.4.